The van der Waals surface area contributed by atoms with Gasteiger partial charge in [0.1, 0.15) is 0 Å². The summed E-state index contributed by atoms with van der Waals surface area (Å²) in [5, 5.41) is 16.2. The molecule has 12 nitrogen and oxygen atoms in total. The van der Waals surface area contributed by atoms with Crippen molar-refractivity contribution in [1.29, 1.82) is 0 Å². The third-order valence-electron chi connectivity index (χ3n) is 5.33. The predicted molar refractivity (Wildman–Crippen MR) is 118 cm³/mol. The molecule has 0 bridgehead atoms. The molecular weight excluding hydrogens is 444 g/mol. The maximum Gasteiger partial charge on any atom is 0.292 e. The summed E-state index contributed by atoms with van der Waals surface area (Å²) in [6.45, 7) is 0.812. The van der Waals surface area contributed by atoms with E-state index in [9.17, 15) is 24.5 Å². The lowest BCUT2D eigenvalue weighted by atomic mass is 10.0. The number of likely N-dealkylation sites (tertiary alicyclic amines) is 1. The molecule has 1 aliphatic heterocycles. The average Bonchev–Trinajstić information content (AvgIpc) is 3.40. The molecular formula is C22H20N6O6. The van der Waals surface area contributed by atoms with Crippen LogP contribution >= 0.6 is 0 Å². The van der Waals surface area contributed by atoms with Gasteiger partial charge < -0.3 is 20.0 Å². The Morgan fingerprint density at radius 3 is 2.38 bits per heavy atom. The number of furan rings is 1. The highest BCUT2D eigenvalue weighted by molar-refractivity contribution is 6.06. The number of nitrogens with one attached hydrogen (secondary N) is 2. The number of benzene rings is 1. The first-order valence-corrected chi connectivity index (χ1v) is 10.4. The molecule has 0 aliphatic carbocycles. The monoisotopic (exact) mass is 464 g/mol. The second kappa shape index (κ2) is 9.90. The fourth-order valence-corrected chi connectivity index (χ4v) is 3.56. The van der Waals surface area contributed by atoms with Crippen molar-refractivity contribution in [2.45, 2.75) is 18.9 Å². The highest BCUT2D eigenvalue weighted by atomic mass is 16.6. The molecule has 2 aromatic heterocycles. The molecule has 0 saturated carbocycles. The van der Waals surface area contributed by atoms with Crippen LogP contribution in [0.3, 0.4) is 0 Å². The average molecular weight is 464 g/mol. The lowest BCUT2D eigenvalue weighted by Gasteiger charge is -2.32. The number of nitrogens with zero attached hydrogens (tertiary/aromatic N) is 4. The maximum absolute atomic E-state index is 12.8. The van der Waals surface area contributed by atoms with Crippen LogP contribution in [0.5, 0.6) is 0 Å². The van der Waals surface area contributed by atoms with Crippen molar-refractivity contribution >= 4 is 29.2 Å². The Labute approximate surface area is 193 Å². The quantitative estimate of drug-likeness (QED) is 0.415. The van der Waals surface area contributed by atoms with Crippen LogP contribution < -0.4 is 10.6 Å². The number of non-ortho nitro benzene ring substituents is 1. The van der Waals surface area contributed by atoms with Gasteiger partial charge in [-0.1, -0.05) is 0 Å². The number of piperidine rings is 1. The molecule has 3 aromatic rings. The van der Waals surface area contributed by atoms with E-state index in [-0.39, 0.29) is 34.9 Å². The third kappa shape index (κ3) is 5.06. The van der Waals surface area contributed by atoms with Crippen LogP contribution in [0.2, 0.25) is 0 Å². The van der Waals surface area contributed by atoms with Crippen LogP contribution in [0.1, 0.15) is 44.2 Å². The summed E-state index contributed by atoms with van der Waals surface area (Å²) in [6, 6.07) is 8.30. The summed E-state index contributed by atoms with van der Waals surface area (Å²) in [6.07, 6.45) is 5.09. The van der Waals surface area contributed by atoms with Gasteiger partial charge in [-0.15, -0.1) is 0 Å². The van der Waals surface area contributed by atoms with Gasteiger partial charge in [-0.3, -0.25) is 24.5 Å². The molecule has 0 spiro atoms. The van der Waals surface area contributed by atoms with Crippen molar-refractivity contribution < 1.29 is 23.7 Å². The number of amides is 3. The summed E-state index contributed by atoms with van der Waals surface area (Å²) in [5.41, 5.74) is 0.248. The first-order valence-electron chi connectivity index (χ1n) is 10.4. The third-order valence-corrected chi connectivity index (χ3v) is 5.33. The number of nitro benzene ring substituents is 1. The fourth-order valence-electron chi connectivity index (χ4n) is 3.56. The minimum atomic E-state index is -0.558. The van der Waals surface area contributed by atoms with Gasteiger partial charge in [-0.25, -0.2) is 9.97 Å². The summed E-state index contributed by atoms with van der Waals surface area (Å²) < 4.78 is 5.04. The number of nitro groups is 1. The smallest absolute Gasteiger partial charge is 0.292 e. The Kier molecular flexibility index (Phi) is 6.57. The van der Waals surface area contributed by atoms with Gasteiger partial charge in [0, 0.05) is 49.2 Å². The van der Waals surface area contributed by atoms with Gasteiger partial charge in [-0.05, 0) is 37.1 Å². The van der Waals surface area contributed by atoms with E-state index in [1.807, 2.05) is 0 Å². The van der Waals surface area contributed by atoms with Crippen molar-refractivity contribution in [1.82, 2.24) is 20.2 Å². The molecule has 174 valence electrons. The molecule has 3 heterocycles. The number of rotatable bonds is 6. The molecule has 2 N–H and O–H groups in total. The van der Waals surface area contributed by atoms with Crippen LogP contribution in [0.15, 0.2) is 59.5 Å². The van der Waals surface area contributed by atoms with Crippen LogP contribution in [-0.4, -0.2) is 56.6 Å². The molecule has 0 radical (unpaired) electrons. The van der Waals surface area contributed by atoms with E-state index in [0.29, 0.717) is 31.5 Å². The summed E-state index contributed by atoms with van der Waals surface area (Å²) >= 11 is 0. The molecule has 0 atom stereocenters. The number of aromatic nitrogens is 2. The molecule has 1 aromatic carbocycles. The minimum Gasteiger partial charge on any atom is -0.459 e. The second-order valence-electron chi connectivity index (χ2n) is 7.53. The van der Waals surface area contributed by atoms with E-state index in [0.717, 1.165) is 0 Å². The van der Waals surface area contributed by atoms with Gasteiger partial charge in [-0.2, -0.15) is 0 Å². The van der Waals surface area contributed by atoms with Gasteiger partial charge in [0.25, 0.3) is 23.4 Å². The van der Waals surface area contributed by atoms with E-state index in [4.69, 9.17) is 4.42 Å². The van der Waals surface area contributed by atoms with Crippen molar-refractivity contribution in [2.75, 3.05) is 18.4 Å². The molecule has 4 rings (SSSR count). The number of anilines is 1. The predicted octanol–water partition coefficient (Wildman–Crippen LogP) is 2.26. The zero-order valence-electron chi connectivity index (χ0n) is 17.8. The highest BCUT2D eigenvalue weighted by Crippen LogP contribution is 2.18. The Balaban J connectivity index is 1.34. The first kappa shape index (κ1) is 22.6. The second-order valence-corrected chi connectivity index (χ2v) is 7.53. The Bertz CT molecular complexity index is 1200. The van der Waals surface area contributed by atoms with Crippen molar-refractivity contribution in [3.63, 3.8) is 0 Å². The van der Waals surface area contributed by atoms with Gasteiger partial charge >= 0.3 is 0 Å². The highest BCUT2D eigenvalue weighted by Gasteiger charge is 2.27. The minimum absolute atomic E-state index is 0.00665. The summed E-state index contributed by atoms with van der Waals surface area (Å²) in [5.74, 6) is -1.20. The van der Waals surface area contributed by atoms with E-state index >= 15 is 0 Å². The molecule has 0 unspecified atom stereocenters. The number of carbonyl (C=O) groups is 3. The molecule has 1 saturated heterocycles. The standard InChI is InChI=1S/C22H20N6O6/c29-20(17-2-1-13-34-17)26-19-18(23-9-10-24-19)21(30)25-15-7-11-27(12-8-15)22(31)14-3-5-16(6-4-14)28(32)33/h1-6,9-10,13,15H,7-8,11-12H2,(H,25,30)(H,24,26,29). The molecule has 12 heteroatoms. The summed E-state index contributed by atoms with van der Waals surface area (Å²) in [4.78, 5) is 57.7. The van der Waals surface area contributed by atoms with Crippen LogP contribution in [0.4, 0.5) is 11.5 Å². The number of hydrogen-bond acceptors (Lipinski definition) is 8. The van der Waals surface area contributed by atoms with Crippen molar-refractivity contribution in [2.24, 2.45) is 0 Å². The van der Waals surface area contributed by atoms with Gasteiger partial charge in [0.15, 0.2) is 17.3 Å². The lowest BCUT2D eigenvalue weighted by Crippen LogP contribution is -2.46. The zero-order chi connectivity index (χ0) is 24.1. The normalized spacial score (nSPS) is 13.8. The Hall–Kier alpha value is -4.61. The van der Waals surface area contributed by atoms with Gasteiger partial charge in [0.2, 0.25) is 0 Å². The van der Waals surface area contributed by atoms with E-state index < -0.39 is 16.7 Å². The van der Waals surface area contributed by atoms with Crippen molar-refractivity contribution in [3.05, 3.63) is 82.2 Å². The number of hydrogen-bond donors (Lipinski definition) is 2. The largest absolute Gasteiger partial charge is 0.459 e. The van der Waals surface area contributed by atoms with E-state index in [1.165, 1.54) is 49.0 Å². The van der Waals surface area contributed by atoms with Crippen LogP contribution in [0, 0.1) is 10.1 Å². The van der Waals surface area contributed by atoms with Crippen molar-refractivity contribution in [3.8, 4) is 0 Å². The van der Waals surface area contributed by atoms with Gasteiger partial charge in [0.05, 0.1) is 11.2 Å². The lowest BCUT2D eigenvalue weighted by molar-refractivity contribution is -0.384. The van der Waals surface area contributed by atoms with Crippen LogP contribution in [-0.2, 0) is 0 Å². The molecule has 1 aliphatic rings. The van der Waals surface area contributed by atoms with E-state index in [2.05, 4.69) is 20.6 Å². The molecule has 34 heavy (non-hydrogen) atoms. The van der Waals surface area contributed by atoms with E-state index in [1.54, 1.807) is 11.0 Å². The van der Waals surface area contributed by atoms with Crippen LogP contribution in [0.25, 0.3) is 0 Å². The topological polar surface area (TPSA) is 161 Å². The Morgan fingerprint density at radius 1 is 1.03 bits per heavy atom. The Morgan fingerprint density at radius 2 is 1.74 bits per heavy atom. The number of carbonyl (C=O) groups excluding carboxylic acids is 3. The first-order chi connectivity index (χ1) is 16.4. The molecule has 3 amide bonds. The SMILES string of the molecule is O=C(Nc1nccnc1C(=O)NC1CCN(C(=O)c2ccc([N+](=O)[O-])cc2)CC1)c1ccco1. The summed E-state index contributed by atoms with van der Waals surface area (Å²) in [7, 11) is 0. The molecule has 1 fully saturated rings. The zero-order valence-corrected chi connectivity index (χ0v) is 17.8. The fraction of sp³-hybridized carbons (Fsp3) is 0.227. The maximum atomic E-state index is 12.8.